The molecule has 1 fully saturated rings. The highest BCUT2D eigenvalue weighted by Crippen LogP contribution is 2.34. The lowest BCUT2D eigenvalue weighted by atomic mass is 9.89. The van der Waals surface area contributed by atoms with Gasteiger partial charge in [0.05, 0.1) is 17.5 Å². The van der Waals surface area contributed by atoms with E-state index in [0.29, 0.717) is 0 Å². The minimum atomic E-state index is 0.149. The van der Waals surface area contributed by atoms with Gasteiger partial charge in [0.1, 0.15) is 5.75 Å². The molecule has 3 heteroatoms. The standard InChI is InChI=1S/C17H28N2O/c1-13(2)20-16-11-7-10-15(17(16)18)19(3)12-14-8-5-4-6-9-14/h7,10-11,13-14H,4-6,8-9,12,18H2,1-3H3. The molecule has 2 N–H and O–H groups in total. The average Bonchev–Trinajstić information content (AvgIpc) is 2.41. The summed E-state index contributed by atoms with van der Waals surface area (Å²) in [7, 11) is 2.14. The van der Waals surface area contributed by atoms with E-state index in [1.807, 2.05) is 26.0 Å². The van der Waals surface area contributed by atoms with Crippen LogP contribution in [0.15, 0.2) is 18.2 Å². The number of hydrogen-bond acceptors (Lipinski definition) is 3. The zero-order valence-corrected chi connectivity index (χ0v) is 13.1. The van der Waals surface area contributed by atoms with E-state index in [9.17, 15) is 0 Å². The van der Waals surface area contributed by atoms with Crippen LogP contribution in [-0.2, 0) is 0 Å². The van der Waals surface area contributed by atoms with Gasteiger partial charge in [-0.15, -0.1) is 0 Å². The Kier molecular flexibility index (Phi) is 5.16. The molecule has 1 aliphatic carbocycles. The van der Waals surface area contributed by atoms with E-state index in [1.165, 1.54) is 32.1 Å². The molecule has 0 saturated heterocycles. The molecule has 0 unspecified atom stereocenters. The second-order valence-electron chi connectivity index (χ2n) is 6.24. The normalized spacial score (nSPS) is 16.4. The lowest BCUT2D eigenvalue weighted by Crippen LogP contribution is -2.27. The van der Waals surface area contributed by atoms with Crippen LogP contribution in [0.4, 0.5) is 11.4 Å². The molecule has 0 radical (unpaired) electrons. The second-order valence-corrected chi connectivity index (χ2v) is 6.24. The van der Waals surface area contributed by atoms with Crippen molar-refractivity contribution in [3.8, 4) is 5.75 Å². The van der Waals surface area contributed by atoms with Gasteiger partial charge < -0.3 is 15.4 Å². The summed E-state index contributed by atoms with van der Waals surface area (Å²) < 4.78 is 5.77. The Hall–Kier alpha value is -1.38. The number of nitrogens with zero attached hydrogens (tertiary/aromatic N) is 1. The van der Waals surface area contributed by atoms with Crippen molar-refractivity contribution in [3.05, 3.63) is 18.2 Å². The van der Waals surface area contributed by atoms with Crippen LogP contribution in [0.25, 0.3) is 0 Å². The molecule has 2 rings (SSSR count). The largest absolute Gasteiger partial charge is 0.489 e. The van der Waals surface area contributed by atoms with Crippen molar-refractivity contribution in [2.45, 2.75) is 52.1 Å². The first kappa shape index (κ1) is 15.0. The molecule has 3 nitrogen and oxygen atoms in total. The molecule has 0 spiro atoms. The molecule has 0 aromatic heterocycles. The van der Waals surface area contributed by atoms with Gasteiger partial charge in [-0.05, 0) is 44.7 Å². The Balaban J connectivity index is 2.06. The van der Waals surface area contributed by atoms with Gasteiger partial charge in [-0.1, -0.05) is 25.3 Å². The Morgan fingerprint density at radius 1 is 1.25 bits per heavy atom. The third-order valence-corrected chi connectivity index (χ3v) is 4.07. The highest BCUT2D eigenvalue weighted by Gasteiger charge is 2.17. The van der Waals surface area contributed by atoms with Crippen LogP contribution in [0.2, 0.25) is 0 Å². The number of rotatable bonds is 5. The Morgan fingerprint density at radius 2 is 1.95 bits per heavy atom. The summed E-state index contributed by atoms with van der Waals surface area (Å²) in [5.41, 5.74) is 8.13. The van der Waals surface area contributed by atoms with Gasteiger partial charge in [0.2, 0.25) is 0 Å². The van der Waals surface area contributed by atoms with Gasteiger partial charge in [0.25, 0.3) is 0 Å². The molecule has 0 amide bonds. The van der Waals surface area contributed by atoms with Crippen molar-refractivity contribution >= 4 is 11.4 Å². The van der Waals surface area contributed by atoms with Crippen LogP contribution >= 0.6 is 0 Å². The zero-order chi connectivity index (χ0) is 14.5. The summed E-state index contributed by atoms with van der Waals surface area (Å²) in [6.45, 7) is 5.14. The third kappa shape index (κ3) is 3.81. The van der Waals surface area contributed by atoms with Crippen molar-refractivity contribution in [1.82, 2.24) is 0 Å². The Labute approximate surface area is 123 Å². The molecule has 20 heavy (non-hydrogen) atoms. The van der Waals surface area contributed by atoms with E-state index in [4.69, 9.17) is 10.5 Å². The van der Waals surface area contributed by atoms with Crippen LogP contribution < -0.4 is 15.4 Å². The molecule has 0 aliphatic heterocycles. The minimum Gasteiger partial charge on any atom is -0.489 e. The average molecular weight is 276 g/mol. The number of anilines is 2. The van der Waals surface area contributed by atoms with Gasteiger partial charge >= 0.3 is 0 Å². The van der Waals surface area contributed by atoms with Crippen molar-refractivity contribution in [3.63, 3.8) is 0 Å². The molecule has 1 aromatic carbocycles. The maximum Gasteiger partial charge on any atom is 0.144 e. The predicted octanol–water partition coefficient (Wildman–Crippen LogP) is 4.07. The molecule has 112 valence electrons. The van der Waals surface area contributed by atoms with E-state index in [0.717, 1.165) is 29.6 Å². The maximum atomic E-state index is 6.27. The van der Waals surface area contributed by atoms with E-state index < -0.39 is 0 Å². The number of ether oxygens (including phenoxy) is 1. The number of hydrogen-bond donors (Lipinski definition) is 1. The highest BCUT2D eigenvalue weighted by molar-refractivity contribution is 5.73. The quantitative estimate of drug-likeness (QED) is 0.824. The van der Waals surface area contributed by atoms with Crippen LogP contribution in [-0.4, -0.2) is 19.7 Å². The third-order valence-electron chi connectivity index (χ3n) is 4.07. The molecule has 0 heterocycles. The minimum absolute atomic E-state index is 0.149. The fourth-order valence-corrected chi connectivity index (χ4v) is 3.08. The number of nitrogens with two attached hydrogens (primary N) is 1. The summed E-state index contributed by atoms with van der Waals surface area (Å²) in [4.78, 5) is 2.29. The van der Waals surface area contributed by atoms with Gasteiger partial charge in [-0.2, -0.15) is 0 Å². The Bertz CT molecular complexity index is 425. The lowest BCUT2D eigenvalue weighted by Gasteiger charge is -2.29. The van der Waals surface area contributed by atoms with Crippen molar-refractivity contribution in [1.29, 1.82) is 0 Å². The number of benzene rings is 1. The first-order valence-electron chi connectivity index (χ1n) is 7.84. The number of nitrogen functional groups attached to an aromatic ring is 1. The van der Waals surface area contributed by atoms with E-state index in [1.54, 1.807) is 0 Å². The van der Waals surface area contributed by atoms with Gasteiger partial charge in [-0.3, -0.25) is 0 Å². The van der Waals surface area contributed by atoms with Crippen molar-refractivity contribution in [2.75, 3.05) is 24.2 Å². The van der Waals surface area contributed by atoms with Gasteiger partial charge in [0.15, 0.2) is 0 Å². The molecule has 0 atom stereocenters. The van der Waals surface area contributed by atoms with Gasteiger partial charge in [0, 0.05) is 13.6 Å². The number of para-hydroxylation sites is 1. The predicted molar refractivity (Wildman–Crippen MR) is 86.5 cm³/mol. The van der Waals surface area contributed by atoms with Crippen molar-refractivity contribution < 1.29 is 4.74 Å². The monoisotopic (exact) mass is 276 g/mol. The van der Waals surface area contributed by atoms with Gasteiger partial charge in [-0.25, -0.2) is 0 Å². The summed E-state index contributed by atoms with van der Waals surface area (Å²) >= 11 is 0. The summed E-state index contributed by atoms with van der Waals surface area (Å²) in [5.74, 6) is 1.61. The highest BCUT2D eigenvalue weighted by atomic mass is 16.5. The first-order valence-corrected chi connectivity index (χ1v) is 7.84. The summed E-state index contributed by atoms with van der Waals surface area (Å²) in [5, 5.41) is 0. The van der Waals surface area contributed by atoms with E-state index in [2.05, 4.69) is 18.0 Å². The van der Waals surface area contributed by atoms with Crippen LogP contribution in [0, 0.1) is 5.92 Å². The smallest absolute Gasteiger partial charge is 0.144 e. The molecular weight excluding hydrogens is 248 g/mol. The van der Waals surface area contributed by atoms with Crippen molar-refractivity contribution in [2.24, 2.45) is 5.92 Å². The summed E-state index contributed by atoms with van der Waals surface area (Å²) in [6, 6.07) is 6.07. The molecule has 1 aliphatic rings. The fraction of sp³-hybridized carbons (Fsp3) is 0.647. The summed E-state index contributed by atoms with van der Waals surface area (Å²) in [6.07, 6.45) is 7.02. The van der Waals surface area contributed by atoms with E-state index >= 15 is 0 Å². The first-order chi connectivity index (χ1) is 9.58. The molecule has 1 saturated carbocycles. The SMILES string of the molecule is CC(C)Oc1cccc(N(C)CC2CCCCC2)c1N. The van der Waals surface area contributed by atoms with E-state index in [-0.39, 0.29) is 6.10 Å². The lowest BCUT2D eigenvalue weighted by molar-refractivity contribution is 0.244. The van der Waals surface area contributed by atoms with Crippen LogP contribution in [0.1, 0.15) is 46.0 Å². The molecule has 0 bridgehead atoms. The maximum absolute atomic E-state index is 6.27. The molecular formula is C17H28N2O. The second kappa shape index (κ2) is 6.87. The zero-order valence-electron chi connectivity index (χ0n) is 13.1. The molecule has 1 aromatic rings. The van der Waals surface area contributed by atoms with Crippen LogP contribution in [0.3, 0.4) is 0 Å². The Morgan fingerprint density at radius 3 is 2.60 bits per heavy atom. The topological polar surface area (TPSA) is 38.5 Å². The van der Waals surface area contributed by atoms with Crippen LogP contribution in [0.5, 0.6) is 5.75 Å². The fourth-order valence-electron chi connectivity index (χ4n) is 3.08.